The monoisotopic (exact) mass is 230 g/mol. The number of nitrogens with one attached hydrogen (secondary N) is 1. The van der Waals surface area contributed by atoms with E-state index in [1.54, 1.807) is 0 Å². The molecule has 0 atom stereocenters. The molecule has 4 heteroatoms. The predicted octanol–water partition coefficient (Wildman–Crippen LogP) is 1.37. The Bertz CT molecular complexity index is 199. The summed E-state index contributed by atoms with van der Waals surface area (Å²) in [5.41, 5.74) is 5.45. The van der Waals surface area contributed by atoms with Gasteiger partial charge in [0.25, 0.3) is 0 Å². The molecule has 0 aromatic heterocycles. The maximum absolute atomic E-state index is 11.8. The van der Waals surface area contributed by atoms with Gasteiger partial charge in [-0.25, -0.2) is 0 Å². The molecule has 1 aliphatic rings. The summed E-state index contributed by atoms with van der Waals surface area (Å²) in [7, 11) is 0. The number of amides is 1. The molecule has 1 fully saturated rings. The van der Waals surface area contributed by atoms with Crippen LogP contribution in [-0.4, -0.2) is 31.0 Å². The fraction of sp³-hybridized carbons (Fsp3) is 0.909. The molecule has 0 radical (unpaired) electrons. The van der Waals surface area contributed by atoms with Gasteiger partial charge in [0.2, 0.25) is 5.91 Å². The van der Waals surface area contributed by atoms with E-state index in [0.717, 1.165) is 32.2 Å². The molecule has 0 unspecified atom stereocenters. The molecule has 15 heavy (non-hydrogen) atoms. The predicted molar refractivity (Wildman–Crippen MR) is 66.0 cm³/mol. The standard InChI is InChI=1S/C11H22N2OS/c1-15-8-3-2-7-13-10(14)11(9-12)5-4-6-11/h2-9,12H2,1H3,(H,13,14). The average molecular weight is 230 g/mol. The van der Waals surface area contributed by atoms with E-state index < -0.39 is 0 Å². The molecule has 0 bridgehead atoms. The Morgan fingerprint density at radius 2 is 2.20 bits per heavy atom. The van der Waals surface area contributed by atoms with Crippen LogP contribution in [0.3, 0.4) is 0 Å². The highest BCUT2D eigenvalue weighted by Crippen LogP contribution is 2.39. The van der Waals surface area contributed by atoms with Crippen molar-refractivity contribution < 1.29 is 4.79 Å². The first-order chi connectivity index (χ1) is 7.25. The van der Waals surface area contributed by atoms with Crippen LogP contribution < -0.4 is 11.1 Å². The second-order valence-corrected chi connectivity index (χ2v) is 5.28. The van der Waals surface area contributed by atoms with E-state index >= 15 is 0 Å². The molecule has 3 N–H and O–H groups in total. The Morgan fingerprint density at radius 3 is 2.67 bits per heavy atom. The summed E-state index contributed by atoms with van der Waals surface area (Å²) >= 11 is 1.85. The van der Waals surface area contributed by atoms with Gasteiger partial charge < -0.3 is 11.1 Å². The molecule has 88 valence electrons. The topological polar surface area (TPSA) is 55.1 Å². The van der Waals surface area contributed by atoms with Gasteiger partial charge in [0.05, 0.1) is 5.41 Å². The van der Waals surface area contributed by atoms with Gasteiger partial charge in [0.15, 0.2) is 0 Å². The third-order valence-electron chi connectivity index (χ3n) is 3.24. The van der Waals surface area contributed by atoms with Crippen molar-refractivity contribution in [3.8, 4) is 0 Å². The highest BCUT2D eigenvalue weighted by atomic mass is 32.2. The summed E-state index contributed by atoms with van der Waals surface area (Å²) in [6, 6.07) is 0. The van der Waals surface area contributed by atoms with E-state index in [1.807, 2.05) is 11.8 Å². The van der Waals surface area contributed by atoms with E-state index in [4.69, 9.17) is 5.73 Å². The summed E-state index contributed by atoms with van der Waals surface area (Å²) in [5.74, 6) is 1.36. The van der Waals surface area contributed by atoms with Gasteiger partial charge in [-0.05, 0) is 37.7 Å². The molecule has 0 spiro atoms. The second kappa shape index (κ2) is 6.38. The minimum absolute atomic E-state index is 0.181. The molecule has 0 aliphatic heterocycles. The van der Waals surface area contributed by atoms with Crippen LogP contribution in [-0.2, 0) is 4.79 Å². The van der Waals surface area contributed by atoms with E-state index in [9.17, 15) is 4.79 Å². The van der Waals surface area contributed by atoms with Crippen LogP contribution in [0.4, 0.5) is 0 Å². The first-order valence-electron chi connectivity index (χ1n) is 5.72. The van der Waals surface area contributed by atoms with Crippen LogP contribution in [0.15, 0.2) is 0 Å². The SMILES string of the molecule is CSCCCCNC(=O)C1(CN)CCC1. The van der Waals surface area contributed by atoms with E-state index in [1.165, 1.54) is 12.2 Å². The number of hydrogen-bond acceptors (Lipinski definition) is 3. The van der Waals surface area contributed by atoms with Gasteiger partial charge in [-0.2, -0.15) is 11.8 Å². The highest BCUT2D eigenvalue weighted by molar-refractivity contribution is 7.98. The van der Waals surface area contributed by atoms with Crippen LogP contribution in [0.2, 0.25) is 0 Å². The lowest BCUT2D eigenvalue weighted by Gasteiger charge is -2.39. The van der Waals surface area contributed by atoms with E-state index in [2.05, 4.69) is 11.6 Å². The Kier molecular flexibility index (Phi) is 5.47. The lowest BCUT2D eigenvalue weighted by Crippen LogP contribution is -2.50. The van der Waals surface area contributed by atoms with Gasteiger partial charge in [-0.1, -0.05) is 6.42 Å². The highest BCUT2D eigenvalue weighted by Gasteiger charge is 2.42. The smallest absolute Gasteiger partial charge is 0.227 e. The van der Waals surface area contributed by atoms with Gasteiger partial charge in [-0.15, -0.1) is 0 Å². The first-order valence-corrected chi connectivity index (χ1v) is 7.12. The second-order valence-electron chi connectivity index (χ2n) is 4.29. The number of carbonyl (C=O) groups is 1. The summed E-state index contributed by atoms with van der Waals surface area (Å²) in [4.78, 5) is 11.8. The summed E-state index contributed by atoms with van der Waals surface area (Å²) in [5, 5.41) is 3.01. The number of unbranched alkanes of at least 4 members (excludes halogenated alkanes) is 1. The third-order valence-corrected chi connectivity index (χ3v) is 3.94. The Morgan fingerprint density at radius 1 is 1.47 bits per heavy atom. The lowest BCUT2D eigenvalue weighted by molar-refractivity contribution is -0.135. The quantitative estimate of drug-likeness (QED) is 0.650. The van der Waals surface area contributed by atoms with E-state index in [-0.39, 0.29) is 11.3 Å². The minimum atomic E-state index is -0.209. The maximum Gasteiger partial charge on any atom is 0.227 e. The molecule has 0 aromatic rings. The first kappa shape index (κ1) is 12.8. The van der Waals surface area contributed by atoms with Crippen molar-refractivity contribution in [2.24, 2.45) is 11.1 Å². The van der Waals surface area contributed by atoms with Crippen molar-refractivity contribution in [1.29, 1.82) is 0 Å². The van der Waals surface area contributed by atoms with Gasteiger partial charge in [0.1, 0.15) is 0 Å². The molecule has 0 aromatic carbocycles. The Balaban J connectivity index is 2.12. The molecule has 1 saturated carbocycles. The number of rotatable bonds is 7. The van der Waals surface area contributed by atoms with Crippen LogP contribution in [0.5, 0.6) is 0 Å². The normalized spacial score (nSPS) is 18.3. The van der Waals surface area contributed by atoms with Crippen LogP contribution >= 0.6 is 11.8 Å². The largest absolute Gasteiger partial charge is 0.356 e. The number of carbonyl (C=O) groups excluding carboxylic acids is 1. The zero-order chi connectivity index (χ0) is 11.1. The molecule has 1 rings (SSSR count). The summed E-state index contributed by atoms with van der Waals surface area (Å²) in [6.45, 7) is 1.31. The van der Waals surface area contributed by atoms with Gasteiger partial charge >= 0.3 is 0 Å². The lowest BCUT2D eigenvalue weighted by atomic mass is 9.68. The zero-order valence-electron chi connectivity index (χ0n) is 9.55. The van der Waals surface area contributed by atoms with Crippen molar-refractivity contribution in [1.82, 2.24) is 5.32 Å². The van der Waals surface area contributed by atoms with Crippen LogP contribution in [0, 0.1) is 5.41 Å². The van der Waals surface area contributed by atoms with Crippen molar-refractivity contribution in [2.75, 3.05) is 25.1 Å². The summed E-state index contributed by atoms with van der Waals surface area (Å²) in [6.07, 6.45) is 7.46. The van der Waals surface area contributed by atoms with Crippen molar-refractivity contribution in [2.45, 2.75) is 32.1 Å². The van der Waals surface area contributed by atoms with Crippen molar-refractivity contribution in [3.05, 3.63) is 0 Å². The van der Waals surface area contributed by atoms with Crippen molar-refractivity contribution >= 4 is 17.7 Å². The molecular formula is C11H22N2OS. The molecule has 3 nitrogen and oxygen atoms in total. The van der Waals surface area contributed by atoms with Crippen molar-refractivity contribution in [3.63, 3.8) is 0 Å². The number of thioether (sulfide) groups is 1. The Hall–Kier alpha value is -0.220. The number of nitrogens with two attached hydrogens (primary N) is 1. The van der Waals surface area contributed by atoms with E-state index in [0.29, 0.717) is 6.54 Å². The zero-order valence-corrected chi connectivity index (χ0v) is 10.4. The molecule has 1 aliphatic carbocycles. The fourth-order valence-electron chi connectivity index (χ4n) is 1.89. The number of hydrogen-bond donors (Lipinski definition) is 2. The molecule has 0 saturated heterocycles. The molecule has 0 heterocycles. The van der Waals surface area contributed by atoms with Crippen LogP contribution in [0.25, 0.3) is 0 Å². The minimum Gasteiger partial charge on any atom is -0.356 e. The fourth-order valence-corrected chi connectivity index (χ4v) is 2.38. The molecule has 1 amide bonds. The maximum atomic E-state index is 11.8. The van der Waals surface area contributed by atoms with Gasteiger partial charge in [0, 0.05) is 13.1 Å². The van der Waals surface area contributed by atoms with Gasteiger partial charge in [-0.3, -0.25) is 4.79 Å². The van der Waals surface area contributed by atoms with Crippen LogP contribution in [0.1, 0.15) is 32.1 Å². The molecular weight excluding hydrogens is 208 g/mol. The third kappa shape index (κ3) is 3.38. The summed E-state index contributed by atoms with van der Waals surface area (Å²) < 4.78 is 0. The Labute approximate surface area is 96.6 Å². The average Bonchev–Trinajstić information content (AvgIpc) is 2.17.